The van der Waals surface area contributed by atoms with Crippen molar-refractivity contribution >= 4 is 19.2 Å². The first-order valence-corrected chi connectivity index (χ1v) is 10.0. The molecule has 0 unspecified atom stereocenters. The molecule has 1 aromatic rings. The predicted molar refractivity (Wildman–Crippen MR) is 86.1 cm³/mol. The molecule has 0 aliphatic carbocycles. The second-order valence-electron chi connectivity index (χ2n) is 5.40. The molecule has 0 bridgehead atoms. The summed E-state index contributed by atoms with van der Waals surface area (Å²) in [6.45, 7) is 6.36. The van der Waals surface area contributed by atoms with Crippen molar-refractivity contribution in [1.29, 1.82) is 0 Å². The zero-order valence-electron chi connectivity index (χ0n) is 13.2. The molecule has 0 amide bonds. The summed E-state index contributed by atoms with van der Waals surface area (Å²) in [5, 5.41) is 1.35. The van der Waals surface area contributed by atoms with Gasteiger partial charge in [0.25, 0.3) is 0 Å². The Kier molecular flexibility index (Phi) is 7.35. The fourth-order valence-corrected chi connectivity index (χ4v) is 3.83. The Morgan fingerprint density at radius 2 is 1.95 bits per heavy atom. The van der Waals surface area contributed by atoms with E-state index in [1.807, 2.05) is 19.1 Å². The number of methoxy groups -OCH3 is 1. The van der Waals surface area contributed by atoms with Crippen molar-refractivity contribution in [3.63, 3.8) is 0 Å². The lowest BCUT2D eigenvalue weighted by Crippen LogP contribution is -2.39. The van der Waals surface area contributed by atoms with Crippen LogP contribution in [0.5, 0.6) is 0 Å². The SMILES string of the molecule is COCOCC(=O)O[C@H](C)/C=C\[Si](C)(C)c1ccccc1. The first-order chi connectivity index (χ1) is 9.95. The highest BCUT2D eigenvalue weighted by Crippen LogP contribution is 2.07. The van der Waals surface area contributed by atoms with E-state index in [2.05, 4.69) is 43.1 Å². The normalized spacial score (nSPS) is 13.3. The van der Waals surface area contributed by atoms with E-state index in [1.165, 1.54) is 12.3 Å². The maximum Gasteiger partial charge on any atom is 0.332 e. The third kappa shape index (κ3) is 6.71. The van der Waals surface area contributed by atoms with Gasteiger partial charge in [0, 0.05) is 7.11 Å². The monoisotopic (exact) mass is 308 g/mol. The summed E-state index contributed by atoms with van der Waals surface area (Å²) >= 11 is 0. The number of hydrogen-bond acceptors (Lipinski definition) is 4. The molecule has 0 heterocycles. The number of carbonyl (C=O) groups excluding carboxylic acids is 1. The van der Waals surface area contributed by atoms with Gasteiger partial charge in [-0.2, -0.15) is 0 Å². The number of carbonyl (C=O) groups is 1. The van der Waals surface area contributed by atoms with Crippen molar-refractivity contribution in [2.24, 2.45) is 0 Å². The fraction of sp³-hybridized carbons (Fsp3) is 0.438. The largest absolute Gasteiger partial charge is 0.457 e. The van der Waals surface area contributed by atoms with Gasteiger partial charge >= 0.3 is 5.97 Å². The van der Waals surface area contributed by atoms with E-state index in [-0.39, 0.29) is 25.5 Å². The minimum atomic E-state index is -1.65. The van der Waals surface area contributed by atoms with Crippen LogP contribution >= 0.6 is 0 Å². The Bertz CT molecular complexity index is 457. The van der Waals surface area contributed by atoms with Gasteiger partial charge in [0.05, 0.1) is 0 Å². The van der Waals surface area contributed by atoms with Gasteiger partial charge < -0.3 is 14.2 Å². The molecule has 0 spiro atoms. The van der Waals surface area contributed by atoms with Gasteiger partial charge in [0.15, 0.2) is 0 Å². The smallest absolute Gasteiger partial charge is 0.332 e. The molecule has 0 aromatic heterocycles. The molecular formula is C16H24O4Si. The van der Waals surface area contributed by atoms with Crippen LogP contribution in [-0.2, 0) is 19.0 Å². The van der Waals surface area contributed by atoms with E-state index < -0.39 is 8.07 Å². The van der Waals surface area contributed by atoms with Gasteiger partial charge in [-0.3, -0.25) is 0 Å². The molecule has 21 heavy (non-hydrogen) atoms. The van der Waals surface area contributed by atoms with Crippen LogP contribution in [0.2, 0.25) is 13.1 Å². The van der Waals surface area contributed by atoms with Gasteiger partial charge in [-0.15, -0.1) is 0 Å². The highest BCUT2D eigenvalue weighted by atomic mass is 28.3. The Hall–Kier alpha value is -1.43. The van der Waals surface area contributed by atoms with Crippen molar-refractivity contribution in [3.05, 3.63) is 42.1 Å². The van der Waals surface area contributed by atoms with E-state index in [1.54, 1.807) is 0 Å². The lowest BCUT2D eigenvalue weighted by Gasteiger charge is -2.19. The van der Waals surface area contributed by atoms with E-state index >= 15 is 0 Å². The predicted octanol–water partition coefficient (Wildman–Crippen LogP) is 2.25. The van der Waals surface area contributed by atoms with Crippen LogP contribution in [-0.4, -0.2) is 40.7 Å². The lowest BCUT2D eigenvalue weighted by molar-refractivity contribution is -0.155. The highest BCUT2D eigenvalue weighted by molar-refractivity contribution is 6.93. The fourth-order valence-electron chi connectivity index (χ4n) is 1.83. The second-order valence-corrected chi connectivity index (χ2v) is 9.75. The molecule has 4 nitrogen and oxygen atoms in total. The Morgan fingerprint density at radius 1 is 1.29 bits per heavy atom. The number of ether oxygens (including phenoxy) is 3. The molecule has 0 aliphatic rings. The molecule has 0 N–H and O–H groups in total. The molecule has 0 saturated carbocycles. The molecule has 116 valence electrons. The van der Waals surface area contributed by atoms with Crippen LogP contribution in [0.25, 0.3) is 0 Å². The van der Waals surface area contributed by atoms with Crippen LogP contribution in [0, 0.1) is 0 Å². The molecule has 0 aliphatic heterocycles. The summed E-state index contributed by atoms with van der Waals surface area (Å²) in [5.74, 6) is -0.386. The molecule has 1 atom stereocenters. The van der Waals surface area contributed by atoms with Gasteiger partial charge in [-0.05, 0) is 6.92 Å². The van der Waals surface area contributed by atoms with Crippen molar-refractivity contribution < 1.29 is 19.0 Å². The minimum absolute atomic E-state index is 0.0905. The van der Waals surface area contributed by atoms with E-state index in [9.17, 15) is 4.79 Å². The summed E-state index contributed by atoms with van der Waals surface area (Å²) in [7, 11) is -0.141. The van der Waals surface area contributed by atoms with Gasteiger partial charge in [-0.25, -0.2) is 4.79 Å². The molecular weight excluding hydrogens is 284 g/mol. The summed E-state index contributed by atoms with van der Waals surface area (Å²) < 4.78 is 14.9. The molecule has 0 saturated heterocycles. The van der Waals surface area contributed by atoms with E-state index in [0.29, 0.717) is 0 Å². The van der Waals surface area contributed by atoms with Crippen molar-refractivity contribution in [2.45, 2.75) is 26.1 Å². The van der Waals surface area contributed by atoms with Crippen LogP contribution in [0.3, 0.4) is 0 Å². The van der Waals surface area contributed by atoms with Crippen LogP contribution in [0.1, 0.15) is 6.92 Å². The Labute approximate surface area is 127 Å². The molecule has 0 fully saturated rings. The molecule has 1 rings (SSSR count). The zero-order chi connectivity index (χ0) is 15.7. The van der Waals surface area contributed by atoms with E-state index in [4.69, 9.17) is 14.2 Å². The zero-order valence-corrected chi connectivity index (χ0v) is 14.2. The topological polar surface area (TPSA) is 44.8 Å². The first-order valence-electron chi connectivity index (χ1n) is 6.97. The minimum Gasteiger partial charge on any atom is -0.457 e. The summed E-state index contributed by atoms with van der Waals surface area (Å²) in [4.78, 5) is 11.5. The van der Waals surface area contributed by atoms with Gasteiger partial charge in [-0.1, -0.05) is 60.4 Å². The van der Waals surface area contributed by atoms with Crippen molar-refractivity contribution in [3.8, 4) is 0 Å². The lowest BCUT2D eigenvalue weighted by atomic mass is 10.4. The maximum absolute atomic E-state index is 11.5. The number of hydrogen-bond donors (Lipinski definition) is 0. The Morgan fingerprint density at radius 3 is 2.57 bits per heavy atom. The second kappa shape index (κ2) is 8.77. The Balaban J connectivity index is 2.49. The third-order valence-electron chi connectivity index (χ3n) is 3.04. The van der Waals surface area contributed by atoms with Crippen LogP contribution < -0.4 is 5.19 Å². The van der Waals surface area contributed by atoms with Gasteiger partial charge in [0.1, 0.15) is 27.6 Å². The molecule has 0 radical (unpaired) electrons. The van der Waals surface area contributed by atoms with Crippen molar-refractivity contribution in [2.75, 3.05) is 20.5 Å². The van der Waals surface area contributed by atoms with Gasteiger partial charge in [0.2, 0.25) is 0 Å². The maximum atomic E-state index is 11.5. The van der Waals surface area contributed by atoms with Crippen molar-refractivity contribution in [1.82, 2.24) is 0 Å². The highest BCUT2D eigenvalue weighted by Gasteiger charge is 2.19. The molecule has 5 heteroatoms. The first kappa shape index (κ1) is 17.6. The average Bonchev–Trinajstić information content (AvgIpc) is 2.46. The average molecular weight is 308 g/mol. The molecule has 1 aromatic carbocycles. The number of benzene rings is 1. The number of rotatable bonds is 8. The quantitative estimate of drug-likeness (QED) is 0.320. The summed E-state index contributed by atoms with van der Waals surface area (Å²) in [5.41, 5.74) is 2.19. The van der Waals surface area contributed by atoms with E-state index in [0.717, 1.165) is 0 Å². The number of esters is 1. The van der Waals surface area contributed by atoms with Crippen LogP contribution in [0.4, 0.5) is 0 Å². The summed E-state index contributed by atoms with van der Waals surface area (Å²) in [6.07, 6.45) is 1.69. The standard InChI is InChI=1S/C16H24O4Si/c1-14(20-16(17)12-19-13-18-2)10-11-21(3,4)15-8-6-5-7-9-15/h5-11,14H,12-13H2,1-4H3/b11-10-/t14-/m1/s1. The third-order valence-corrected chi connectivity index (χ3v) is 5.89. The summed E-state index contributed by atoms with van der Waals surface area (Å²) in [6, 6.07) is 10.4. The van der Waals surface area contributed by atoms with Crippen LogP contribution in [0.15, 0.2) is 42.1 Å².